The number of nitrogens with one attached hydrogen (secondary N) is 1. The third-order valence-corrected chi connectivity index (χ3v) is 5.63. The zero-order valence-corrected chi connectivity index (χ0v) is 18.6. The van der Waals surface area contributed by atoms with E-state index in [0.29, 0.717) is 17.3 Å². The van der Waals surface area contributed by atoms with Crippen molar-refractivity contribution in [2.45, 2.75) is 20.4 Å². The summed E-state index contributed by atoms with van der Waals surface area (Å²) in [5.74, 6) is -0.422. The van der Waals surface area contributed by atoms with Crippen molar-refractivity contribution >= 4 is 40.2 Å². The molecular formula is C27H22ClN3O. The number of anilines is 1. The van der Waals surface area contributed by atoms with Crippen LogP contribution in [0.1, 0.15) is 22.3 Å². The molecule has 0 fully saturated rings. The molecule has 1 N–H and O–H groups in total. The smallest absolute Gasteiger partial charge is 0.266 e. The van der Waals surface area contributed by atoms with E-state index in [9.17, 15) is 10.1 Å². The van der Waals surface area contributed by atoms with Gasteiger partial charge in [-0.2, -0.15) is 5.26 Å². The second-order valence-corrected chi connectivity index (χ2v) is 8.23. The quantitative estimate of drug-likeness (QED) is 0.285. The highest BCUT2D eigenvalue weighted by Gasteiger charge is 2.14. The number of para-hydroxylation sites is 1. The van der Waals surface area contributed by atoms with Crippen LogP contribution in [-0.2, 0) is 11.3 Å². The second kappa shape index (κ2) is 9.13. The van der Waals surface area contributed by atoms with Gasteiger partial charge in [0.15, 0.2) is 0 Å². The van der Waals surface area contributed by atoms with E-state index in [0.717, 1.165) is 33.2 Å². The average Bonchev–Trinajstić information content (AvgIpc) is 3.12. The third-order valence-electron chi connectivity index (χ3n) is 5.38. The van der Waals surface area contributed by atoms with Gasteiger partial charge in [0.25, 0.3) is 5.91 Å². The number of halogens is 1. The Hall–Kier alpha value is -3.81. The number of hydrogen-bond acceptors (Lipinski definition) is 2. The lowest BCUT2D eigenvalue weighted by molar-refractivity contribution is -0.112. The van der Waals surface area contributed by atoms with Gasteiger partial charge in [-0.15, -0.1) is 0 Å². The molecule has 0 spiro atoms. The van der Waals surface area contributed by atoms with Crippen molar-refractivity contribution in [2.75, 3.05) is 5.32 Å². The molecule has 4 nitrogen and oxygen atoms in total. The van der Waals surface area contributed by atoms with E-state index in [-0.39, 0.29) is 5.57 Å². The fourth-order valence-electron chi connectivity index (χ4n) is 3.76. The van der Waals surface area contributed by atoms with E-state index < -0.39 is 5.91 Å². The lowest BCUT2D eigenvalue weighted by Gasteiger charge is -2.08. The van der Waals surface area contributed by atoms with Gasteiger partial charge in [-0.25, -0.2) is 0 Å². The van der Waals surface area contributed by atoms with Crippen LogP contribution in [0, 0.1) is 25.2 Å². The number of carbonyl (C=O) groups is 1. The van der Waals surface area contributed by atoms with E-state index in [4.69, 9.17) is 11.6 Å². The van der Waals surface area contributed by atoms with Gasteiger partial charge in [-0.3, -0.25) is 4.79 Å². The summed E-state index contributed by atoms with van der Waals surface area (Å²) in [4.78, 5) is 12.8. The van der Waals surface area contributed by atoms with Crippen molar-refractivity contribution in [3.8, 4) is 6.07 Å². The molecule has 0 aliphatic carbocycles. The van der Waals surface area contributed by atoms with E-state index in [1.165, 1.54) is 0 Å². The van der Waals surface area contributed by atoms with E-state index in [1.807, 2.05) is 86.8 Å². The van der Waals surface area contributed by atoms with Crippen LogP contribution in [0.25, 0.3) is 17.0 Å². The number of nitrogens with zero attached hydrogens (tertiary/aromatic N) is 2. The van der Waals surface area contributed by atoms with Crippen LogP contribution < -0.4 is 5.32 Å². The van der Waals surface area contributed by atoms with Gasteiger partial charge < -0.3 is 9.88 Å². The molecule has 1 heterocycles. The summed E-state index contributed by atoms with van der Waals surface area (Å²) in [5, 5.41) is 14.2. The summed E-state index contributed by atoms with van der Waals surface area (Å²) in [7, 11) is 0. The first-order chi connectivity index (χ1) is 15.4. The van der Waals surface area contributed by atoms with E-state index in [2.05, 4.69) is 16.0 Å². The molecule has 1 amide bonds. The van der Waals surface area contributed by atoms with Gasteiger partial charge in [0.2, 0.25) is 0 Å². The Labute approximate surface area is 192 Å². The van der Waals surface area contributed by atoms with Crippen LogP contribution >= 0.6 is 11.6 Å². The summed E-state index contributed by atoms with van der Waals surface area (Å²) in [6.45, 7) is 4.59. The SMILES string of the molecule is Cc1ccc(NC(=O)C(C#N)=Cc2cn(Cc3ccc(Cl)cc3)c3ccccc23)c(C)c1. The van der Waals surface area contributed by atoms with Gasteiger partial charge in [0, 0.05) is 39.9 Å². The first-order valence-electron chi connectivity index (χ1n) is 10.3. The first kappa shape index (κ1) is 21.4. The number of nitriles is 1. The Morgan fingerprint density at radius 2 is 1.84 bits per heavy atom. The van der Waals surface area contributed by atoms with Gasteiger partial charge in [0.1, 0.15) is 11.6 Å². The normalized spacial score (nSPS) is 11.4. The van der Waals surface area contributed by atoms with E-state index >= 15 is 0 Å². The average molecular weight is 440 g/mol. The fraction of sp³-hybridized carbons (Fsp3) is 0.111. The summed E-state index contributed by atoms with van der Waals surface area (Å²) >= 11 is 6.01. The summed E-state index contributed by atoms with van der Waals surface area (Å²) in [5.41, 5.74) is 5.79. The van der Waals surface area contributed by atoms with Gasteiger partial charge in [-0.05, 0) is 55.3 Å². The largest absolute Gasteiger partial charge is 0.342 e. The first-order valence-corrected chi connectivity index (χ1v) is 10.6. The lowest BCUT2D eigenvalue weighted by Crippen LogP contribution is -2.14. The molecule has 1 aromatic heterocycles. The van der Waals surface area contributed by atoms with Crippen molar-refractivity contribution in [1.29, 1.82) is 5.26 Å². The minimum Gasteiger partial charge on any atom is -0.342 e. The van der Waals surface area contributed by atoms with E-state index in [1.54, 1.807) is 6.08 Å². The van der Waals surface area contributed by atoms with Crippen molar-refractivity contribution < 1.29 is 4.79 Å². The number of hydrogen-bond donors (Lipinski definition) is 1. The molecule has 158 valence electrons. The predicted molar refractivity (Wildman–Crippen MR) is 131 cm³/mol. The molecule has 4 aromatic rings. The van der Waals surface area contributed by atoms with Crippen LogP contribution in [-0.4, -0.2) is 10.5 Å². The molecule has 4 rings (SSSR count). The molecule has 5 heteroatoms. The number of aryl methyl sites for hydroxylation is 2. The Morgan fingerprint density at radius 3 is 2.56 bits per heavy atom. The van der Waals surface area contributed by atoms with Crippen molar-refractivity contribution in [3.05, 3.63) is 106 Å². The van der Waals surface area contributed by atoms with Crippen LogP contribution in [0.2, 0.25) is 5.02 Å². The Balaban J connectivity index is 1.67. The highest BCUT2D eigenvalue weighted by atomic mass is 35.5. The van der Waals surface area contributed by atoms with Crippen LogP contribution in [0.4, 0.5) is 5.69 Å². The number of aromatic nitrogens is 1. The van der Waals surface area contributed by atoms with Crippen LogP contribution in [0.3, 0.4) is 0 Å². The molecule has 0 saturated carbocycles. The Morgan fingerprint density at radius 1 is 1.09 bits per heavy atom. The predicted octanol–water partition coefficient (Wildman–Crippen LogP) is 6.51. The second-order valence-electron chi connectivity index (χ2n) is 7.80. The minimum atomic E-state index is -0.422. The van der Waals surface area contributed by atoms with Crippen molar-refractivity contribution in [3.63, 3.8) is 0 Å². The molecule has 32 heavy (non-hydrogen) atoms. The molecule has 0 saturated heterocycles. The van der Waals surface area contributed by atoms with Crippen LogP contribution in [0.15, 0.2) is 78.5 Å². The Kier molecular flexibility index (Phi) is 6.11. The molecular weight excluding hydrogens is 418 g/mol. The molecule has 0 atom stereocenters. The fourth-order valence-corrected chi connectivity index (χ4v) is 3.88. The third kappa shape index (κ3) is 4.59. The highest BCUT2D eigenvalue weighted by molar-refractivity contribution is 6.30. The molecule has 0 bridgehead atoms. The van der Waals surface area contributed by atoms with Crippen molar-refractivity contribution in [1.82, 2.24) is 4.57 Å². The Bertz CT molecular complexity index is 1370. The zero-order chi connectivity index (χ0) is 22.7. The molecule has 3 aromatic carbocycles. The van der Waals surface area contributed by atoms with Gasteiger partial charge in [0.05, 0.1) is 0 Å². The molecule has 0 aliphatic heterocycles. The molecule has 0 aliphatic rings. The number of benzene rings is 3. The maximum Gasteiger partial charge on any atom is 0.266 e. The zero-order valence-electron chi connectivity index (χ0n) is 17.9. The minimum absolute atomic E-state index is 0.0550. The number of fused-ring (bicyclic) bond motifs is 1. The number of carbonyl (C=O) groups excluding carboxylic acids is 1. The van der Waals surface area contributed by atoms with Crippen LogP contribution in [0.5, 0.6) is 0 Å². The molecule has 0 unspecified atom stereocenters. The standard InChI is InChI=1S/C27H22ClN3O/c1-18-7-12-25(19(2)13-18)30-27(32)21(15-29)14-22-17-31(26-6-4-3-5-24(22)26)16-20-8-10-23(28)11-9-20/h3-14,17H,16H2,1-2H3,(H,30,32). The summed E-state index contributed by atoms with van der Waals surface area (Å²) in [6, 6.07) is 23.5. The van der Waals surface area contributed by atoms with Gasteiger partial charge >= 0.3 is 0 Å². The number of rotatable bonds is 5. The monoisotopic (exact) mass is 439 g/mol. The maximum absolute atomic E-state index is 12.8. The highest BCUT2D eigenvalue weighted by Crippen LogP contribution is 2.25. The topological polar surface area (TPSA) is 57.8 Å². The number of amides is 1. The van der Waals surface area contributed by atoms with Crippen molar-refractivity contribution in [2.24, 2.45) is 0 Å². The van der Waals surface area contributed by atoms with Gasteiger partial charge in [-0.1, -0.05) is 59.6 Å². The maximum atomic E-state index is 12.8. The molecule has 0 radical (unpaired) electrons. The summed E-state index contributed by atoms with van der Waals surface area (Å²) < 4.78 is 2.11. The summed E-state index contributed by atoms with van der Waals surface area (Å²) in [6.07, 6.45) is 3.63. The lowest BCUT2D eigenvalue weighted by atomic mass is 10.1.